The summed E-state index contributed by atoms with van der Waals surface area (Å²) in [5.74, 6) is -12.8. The van der Waals surface area contributed by atoms with Crippen molar-refractivity contribution in [3.8, 4) is 16.9 Å². The van der Waals surface area contributed by atoms with Crippen molar-refractivity contribution in [2.24, 2.45) is 10.7 Å². The maximum Gasteiger partial charge on any atom is 0.313 e. The van der Waals surface area contributed by atoms with Crippen LogP contribution in [0.5, 0.6) is 5.75 Å². The lowest BCUT2D eigenvalue weighted by molar-refractivity contribution is -0.180. The second-order valence-corrected chi connectivity index (χ2v) is 18.0. The number of fused-ring (bicyclic) bond motifs is 1. The molecule has 4 N–H and O–H groups in total. The summed E-state index contributed by atoms with van der Waals surface area (Å²) in [6, 6.07) is 13.0. The quantitative estimate of drug-likeness (QED) is 0.0128. The Morgan fingerprint density at radius 3 is 1.58 bits per heavy atom. The Balaban J connectivity index is 0.874. The van der Waals surface area contributed by atoms with Gasteiger partial charge in [-0.25, -0.2) is 18.8 Å². The van der Waals surface area contributed by atoms with E-state index in [1.165, 1.54) is 5.06 Å². The molecule has 27 heteroatoms. The van der Waals surface area contributed by atoms with Gasteiger partial charge >= 0.3 is 16.1 Å². The summed E-state index contributed by atoms with van der Waals surface area (Å²) in [6.45, 7) is 10.9. The second kappa shape index (κ2) is 37.4. The largest absolute Gasteiger partial charge is 0.420 e. The fourth-order valence-corrected chi connectivity index (χ4v) is 7.57. The molecule has 0 saturated carbocycles. The van der Waals surface area contributed by atoms with Crippen LogP contribution < -0.4 is 15.8 Å². The number of nitrogens with zero attached hydrogens (tertiary/aromatic N) is 2. The number of hydrogen-bond acceptors (Lipinski definition) is 19. The van der Waals surface area contributed by atoms with E-state index >= 15 is 0 Å². The van der Waals surface area contributed by atoms with Crippen LogP contribution in [-0.2, 0) is 71.9 Å². The predicted octanol–water partition coefficient (Wildman–Crippen LogP) is 5.01. The smallest absolute Gasteiger partial charge is 0.313 e. The van der Waals surface area contributed by atoms with Crippen LogP contribution in [0.3, 0.4) is 0 Å². The van der Waals surface area contributed by atoms with Crippen molar-refractivity contribution in [1.82, 2.24) is 10.4 Å². The van der Waals surface area contributed by atoms with Crippen LogP contribution in [0.1, 0.15) is 49.0 Å². The zero-order valence-corrected chi connectivity index (χ0v) is 45.1. The fourth-order valence-electron chi connectivity index (χ4n) is 6.94. The maximum absolute atomic E-state index is 14.0. The van der Waals surface area contributed by atoms with Gasteiger partial charge in [-0.2, -0.15) is 17.2 Å². The van der Waals surface area contributed by atoms with Crippen molar-refractivity contribution in [2.75, 3.05) is 152 Å². The Morgan fingerprint density at radius 2 is 1.11 bits per heavy atom. The number of rotatable bonds is 42. The van der Waals surface area contributed by atoms with E-state index in [9.17, 15) is 40.4 Å². The van der Waals surface area contributed by atoms with Crippen molar-refractivity contribution >= 4 is 45.5 Å². The first-order valence-corrected chi connectivity index (χ1v) is 26.9. The van der Waals surface area contributed by atoms with Gasteiger partial charge in [-0.05, 0) is 48.7 Å². The van der Waals surface area contributed by atoms with E-state index in [1.807, 2.05) is 44.2 Å². The number of hydrogen-bond donors (Lipinski definition) is 3. The molecule has 0 bridgehead atoms. The number of carbonyl (C=O) groups is 3. The Morgan fingerprint density at radius 1 is 0.646 bits per heavy atom. The second-order valence-electron chi connectivity index (χ2n) is 16.6. The number of hydroxylamine groups is 2. The number of amides is 2. The average molecular weight is 1150 g/mol. The number of carbonyl (C=O) groups excluding carboxylic acids is 3. The minimum atomic E-state index is -5.65. The molecule has 1 heterocycles. The van der Waals surface area contributed by atoms with E-state index < -0.39 is 56.4 Å². The minimum Gasteiger partial charge on any atom is -0.420 e. The van der Waals surface area contributed by atoms with Gasteiger partial charge in [0.05, 0.1) is 151 Å². The number of nitrogens with two attached hydrogens (primary N) is 1. The van der Waals surface area contributed by atoms with Crippen molar-refractivity contribution in [3.05, 3.63) is 82.4 Å². The molecule has 0 fully saturated rings. The zero-order chi connectivity index (χ0) is 57.3. The Hall–Kier alpha value is -5.53. The highest BCUT2D eigenvalue weighted by Crippen LogP contribution is 2.34. The number of ether oxygens (including phenoxy) is 11. The van der Waals surface area contributed by atoms with Crippen molar-refractivity contribution < 1.29 is 102 Å². The van der Waals surface area contributed by atoms with E-state index in [4.69, 9.17) is 62.5 Å². The van der Waals surface area contributed by atoms with Crippen LogP contribution in [0.4, 0.5) is 23.2 Å². The van der Waals surface area contributed by atoms with Crippen molar-refractivity contribution in [3.63, 3.8) is 0 Å². The molecule has 0 radical (unpaired) electrons. The van der Waals surface area contributed by atoms with Crippen LogP contribution in [0.15, 0.2) is 57.9 Å². The molecule has 0 aromatic heterocycles. The summed E-state index contributed by atoms with van der Waals surface area (Å²) >= 11 is 0. The molecule has 440 valence electrons. The first-order chi connectivity index (χ1) is 38.2. The molecule has 1 aliphatic heterocycles. The molecular weight excluding hydrogens is 1080 g/mol. The molecule has 3 aromatic rings. The third kappa shape index (κ3) is 24.4. The topological polar surface area (TPSA) is 270 Å². The standard InChI is InChI=1S/C52H70F4N4O18S/c1-3-12-60(77-4-2)52(63)41-34-39-9-8-38(35-42(39)59-43(57)36-41)37-6-5-7-40(33-37)51(62)58-11-14-68-16-18-70-20-22-72-24-26-74-28-30-76-32-31-75-29-27-73-25-23-71-21-19-69-17-15-67-13-10-44(61)78-49-45(53)47(55)50(79(64,65)66)48(56)46(49)54/h5-9,33-35H,3-4,10-32,36H2,1-2H3,(H2,57,59)(H,58,62)(H,64,65,66). The Kier molecular flexibility index (Phi) is 31.2. The molecule has 0 atom stereocenters. The molecule has 0 spiro atoms. The minimum absolute atomic E-state index is 0.0167. The van der Waals surface area contributed by atoms with E-state index in [0.717, 1.165) is 23.1 Å². The number of aliphatic imine (C=N–C) groups is 1. The molecule has 1 aliphatic rings. The van der Waals surface area contributed by atoms with Crippen LogP contribution in [0.2, 0.25) is 0 Å². The summed E-state index contributed by atoms with van der Waals surface area (Å²) < 4.78 is 145. The maximum atomic E-state index is 14.0. The third-order valence-electron chi connectivity index (χ3n) is 10.7. The van der Waals surface area contributed by atoms with Gasteiger partial charge in [0.25, 0.3) is 11.8 Å². The van der Waals surface area contributed by atoms with Crippen molar-refractivity contribution in [1.29, 1.82) is 0 Å². The predicted molar refractivity (Wildman–Crippen MR) is 276 cm³/mol. The molecular formula is C52H70F4N4O18S. The number of nitrogens with one attached hydrogen (secondary N) is 1. The zero-order valence-electron chi connectivity index (χ0n) is 44.3. The Labute approximate surface area is 456 Å². The lowest BCUT2D eigenvalue weighted by Crippen LogP contribution is -2.34. The van der Waals surface area contributed by atoms with Gasteiger partial charge in [0.1, 0.15) is 5.84 Å². The lowest BCUT2D eigenvalue weighted by Gasteiger charge is -2.21. The highest BCUT2D eigenvalue weighted by molar-refractivity contribution is 7.85. The molecule has 2 amide bonds. The SMILES string of the molecule is CCCN(OCC)C(=O)C1=Cc2ccc(-c3cccc(C(=O)NCCOCCOCCOCCOCCOCCOCCOCCOCCOCCOCCC(=O)Oc4c(F)c(F)c(S(=O)(=O)O)c(F)c4F)c3)cc2N=C(N)C1. The summed E-state index contributed by atoms with van der Waals surface area (Å²) in [4.78, 5) is 45.9. The monoisotopic (exact) mass is 1150 g/mol. The first kappa shape index (κ1) is 66.0. The number of amidine groups is 1. The van der Waals surface area contributed by atoms with Gasteiger partial charge < -0.3 is 63.2 Å². The van der Waals surface area contributed by atoms with E-state index in [1.54, 1.807) is 18.2 Å². The molecule has 0 unspecified atom stereocenters. The molecule has 3 aromatic carbocycles. The molecule has 0 aliphatic carbocycles. The highest BCUT2D eigenvalue weighted by Gasteiger charge is 2.34. The normalized spacial score (nSPS) is 12.4. The van der Waals surface area contributed by atoms with Gasteiger partial charge in [-0.1, -0.05) is 31.2 Å². The molecule has 4 rings (SSSR count). The first-order valence-electron chi connectivity index (χ1n) is 25.5. The van der Waals surface area contributed by atoms with Crippen LogP contribution in [-0.4, -0.2) is 193 Å². The van der Waals surface area contributed by atoms with Crippen LogP contribution >= 0.6 is 0 Å². The van der Waals surface area contributed by atoms with Gasteiger partial charge in [0, 0.05) is 36.2 Å². The van der Waals surface area contributed by atoms with Gasteiger partial charge in [0.2, 0.25) is 17.4 Å². The van der Waals surface area contributed by atoms with Crippen molar-refractivity contribution in [2.45, 2.75) is 38.0 Å². The summed E-state index contributed by atoms with van der Waals surface area (Å²) in [6.07, 6.45) is 2.17. The number of esters is 1. The molecule has 0 saturated heterocycles. The third-order valence-corrected chi connectivity index (χ3v) is 11.5. The Bertz CT molecular complexity index is 2510. The summed E-state index contributed by atoms with van der Waals surface area (Å²) in [5.41, 5.74) is 10.3. The summed E-state index contributed by atoms with van der Waals surface area (Å²) in [7, 11) is -5.65. The number of halogens is 4. The lowest BCUT2D eigenvalue weighted by atomic mass is 9.99. The average Bonchev–Trinajstić information content (AvgIpc) is 3.66. The van der Waals surface area contributed by atoms with Crippen LogP contribution in [0, 0.1) is 23.3 Å². The van der Waals surface area contributed by atoms with E-state index in [2.05, 4.69) is 15.0 Å². The van der Waals surface area contributed by atoms with Gasteiger partial charge in [-0.3, -0.25) is 23.8 Å². The van der Waals surface area contributed by atoms with Crippen LogP contribution in [0.25, 0.3) is 17.2 Å². The van der Waals surface area contributed by atoms with E-state index in [0.29, 0.717) is 141 Å². The highest BCUT2D eigenvalue weighted by atomic mass is 32.2. The van der Waals surface area contributed by atoms with Gasteiger partial charge in [0.15, 0.2) is 16.5 Å². The fraction of sp³-hybridized carbons (Fsp3) is 0.538. The molecule has 79 heavy (non-hydrogen) atoms. The number of benzene rings is 3. The van der Waals surface area contributed by atoms with E-state index in [-0.39, 0.29) is 51.3 Å². The summed E-state index contributed by atoms with van der Waals surface area (Å²) in [5, 5.41) is 4.25. The van der Waals surface area contributed by atoms with Gasteiger partial charge in [-0.15, -0.1) is 0 Å². The molecule has 22 nitrogen and oxygen atoms in total.